The highest BCUT2D eigenvalue weighted by atomic mass is 32.2. The summed E-state index contributed by atoms with van der Waals surface area (Å²) in [7, 11) is -1.80. The third kappa shape index (κ3) is 2.62. The van der Waals surface area contributed by atoms with E-state index in [9.17, 15) is 8.42 Å². The van der Waals surface area contributed by atoms with Crippen LogP contribution in [0.3, 0.4) is 0 Å². The minimum absolute atomic E-state index is 0.0827. The maximum Gasteiger partial charge on any atom is 0.242 e. The second-order valence-electron chi connectivity index (χ2n) is 5.91. The second-order valence-corrected chi connectivity index (χ2v) is 7.62. The van der Waals surface area contributed by atoms with Crippen LogP contribution in [0.1, 0.15) is 25.0 Å². The number of hydrogen-bond donors (Lipinski definition) is 2. The first-order chi connectivity index (χ1) is 10.4. The molecule has 0 unspecified atom stereocenters. The van der Waals surface area contributed by atoms with Crippen LogP contribution in [0.4, 0.5) is 0 Å². The van der Waals surface area contributed by atoms with Crippen molar-refractivity contribution < 1.29 is 8.42 Å². The number of nitrogens with zero attached hydrogens (tertiary/aromatic N) is 3. The van der Waals surface area contributed by atoms with E-state index in [0.29, 0.717) is 12.2 Å². The second kappa shape index (κ2) is 5.60. The zero-order valence-electron chi connectivity index (χ0n) is 12.8. The van der Waals surface area contributed by atoms with Gasteiger partial charge in [-0.25, -0.2) is 18.1 Å². The van der Waals surface area contributed by atoms with Gasteiger partial charge in [-0.05, 0) is 38.3 Å². The maximum atomic E-state index is 12.6. The predicted molar refractivity (Wildman–Crippen MR) is 83.8 cm³/mol. The third-order valence-corrected chi connectivity index (χ3v) is 5.87. The van der Waals surface area contributed by atoms with Gasteiger partial charge in [0.2, 0.25) is 10.0 Å². The minimum Gasteiger partial charge on any atom is -0.330 e. The Morgan fingerprint density at radius 3 is 2.95 bits per heavy atom. The van der Waals surface area contributed by atoms with Crippen molar-refractivity contribution in [2.75, 3.05) is 6.54 Å². The lowest BCUT2D eigenvalue weighted by atomic mass is 10.1. The molecule has 2 aromatic rings. The number of pyridine rings is 1. The highest BCUT2D eigenvalue weighted by Gasteiger charge is 2.30. The fourth-order valence-electron chi connectivity index (χ4n) is 3.18. The SMILES string of the molecule is Cc1nn(C)c2ncc(S(=O)(=O)N[C@H]3CCC[C@H]3CN)cc12. The van der Waals surface area contributed by atoms with Crippen LogP contribution in [-0.4, -0.2) is 35.8 Å². The van der Waals surface area contributed by atoms with E-state index >= 15 is 0 Å². The number of fused-ring (bicyclic) bond motifs is 1. The largest absolute Gasteiger partial charge is 0.330 e. The van der Waals surface area contributed by atoms with Gasteiger partial charge in [0, 0.05) is 24.7 Å². The van der Waals surface area contributed by atoms with Gasteiger partial charge in [-0.3, -0.25) is 4.68 Å². The van der Waals surface area contributed by atoms with Gasteiger partial charge in [0.15, 0.2) is 5.65 Å². The molecule has 120 valence electrons. The Balaban J connectivity index is 1.93. The molecule has 7 nitrogen and oxygen atoms in total. The Labute approximate surface area is 130 Å². The molecule has 8 heteroatoms. The maximum absolute atomic E-state index is 12.6. The van der Waals surface area contributed by atoms with E-state index in [0.717, 1.165) is 30.3 Å². The molecule has 1 aliphatic carbocycles. The summed E-state index contributed by atoms with van der Waals surface area (Å²) in [5.41, 5.74) is 7.16. The van der Waals surface area contributed by atoms with Crippen LogP contribution in [-0.2, 0) is 17.1 Å². The number of rotatable bonds is 4. The van der Waals surface area contributed by atoms with E-state index in [4.69, 9.17) is 5.73 Å². The highest BCUT2D eigenvalue weighted by Crippen LogP contribution is 2.27. The van der Waals surface area contributed by atoms with Crippen LogP contribution < -0.4 is 10.5 Å². The molecule has 2 atom stereocenters. The topological polar surface area (TPSA) is 103 Å². The lowest BCUT2D eigenvalue weighted by Crippen LogP contribution is -2.39. The van der Waals surface area contributed by atoms with Crippen molar-refractivity contribution in [2.24, 2.45) is 18.7 Å². The lowest BCUT2D eigenvalue weighted by Gasteiger charge is -2.19. The monoisotopic (exact) mass is 323 g/mol. The molecular formula is C14H21N5O2S. The van der Waals surface area contributed by atoms with Crippen LogP contribution in [0, 0.1) is 12.8 Å². The summed E-state index contributed by atoms with van der Waals surface area (Å²) < 4.78 is 29.6. The minimum atomic E-state index is -3.59. The van der Waals surface area contributed by atoms with Gasteiger partial charge in [0.1, 0.15) is 4.90 Å². The fraction of sp³-hybridized carbons (Fsp3) is 0.571. The molecule has 0 bridgehead atoms. The van der Waals surface area contributed by atoms with E-state index in [1.807, 2.05) is 6.92 Å². The van der Waals surface area contributed by atoms with Crippen molar-refractivity contribution in [1.29, 1.82) is 0 Å². The van der Waals surface area contributed by atoms with Crippen LogP contribution in [0.15, 0.2) is 17.2 Å². The number of aromatic nitrogens is 3. The molecule has 0 amide bonds. The molecule has 0 saturated heterocycles. The van der Waals surface area contributed by atoms with Crippen molar-refractivity contribution >= 4 is 21.1 Å². The van der Waals surface area contributed by atoms with Crippen molar-refractivity contribution in [3.63, 3.8) is 0 Å². The van der Waals surface area contributed by atoms with E-state index in [1.165, 1.54) is 6.20 Å². The first-order valence-electron chi connectivity index (χ1n) is 7.44. The van der Waals surface area contributed by atoms with Gasteiger partial charge >= 0.3 is 0 Å². The van der Waals surface area contributed by atoms with Crippen LogP contribution in [0.5, 0.6) is 0 Å². The highest BCUT2D eigenvalue weighted by molar-refractivity contribution is 7.89. The zero-order valence-corrected chi connectivity index (χ0v) is 13.6. The molecule has 22 heavy (non-hydrogen) atoms. The zero-order chi connectivity index (χ0) is 15.9. The molecule has 1 saturated carbocycles. The molecule has 3 rings (SSSR count). The summed E-state index contributed by atoms with van der Waals surface area (Å²) in [5, 5.41) is 5.02. The standard InChI is InChI=1S/C14H21N5O2S/c1-9-12-6-11(8-16-14(12)19(2)17-9)22(20,21)18-13-5-3-4-10(13)7-15/h6,8,10,13,18H,3-5,7,15H2,1-2H3/t10-,13-/m0/s1. The quantitative estimate of drug-likeness (QED) is 0.861. The van der Waals surface area contributed by atoms with E-state index in [2.05, 4.69) is 14.8 Å². The van der Waals surface area contributed by atoms with Crippen LogP contribution >= 0.6 is 0 Å². The molecule has 1 aliphatic rings. The van der Waals surface area contributed by atoms with E-state index in [-0.39, 0.29) is 16.9 Å². The third-order valence-electron chi connectivity index (χ3n) is 4.42. The van der Waals surface area contributed by atoms with Gasteiger partial charge in [-0.15, -0.1) is 0 Å². The summed E-state index contributed by atoms with van der Waals surface area (Å²) in [6, 6.07) is 1.56. The van der Waals surface area contributed by atoms with Crippen molar-refractivity contribution in [3.05, 3.63) is 18.0 Å². The number of nitrogens with one attached hydrogen (secondary N) is 1. The normalized spacial score (nSPS) is 22.5. The predicted octanol–water partition coefficient (Wildman–Crippen LogP) is 0.682. The first-order valence-corrected chi connectivity index (χ1v) is 8.92. The average molecular weight is 323 g/mol. The molecule has 0 aliphatic heterocycles. The number of aryl methyl sites for hydroxylation is 2. The Morgan fingerprint density at radius 1 is 1.45 bits per heavy atom. The fourth-order valence-corrected chi connectivity index (χ4v) is 4.49. The lowest BCUT2D eigenvalue weighted by molar-refractivity contribution is 0.453. The molecule has 0 spiro atoms. The Morgan fingerprint density at radius 2 is 2.23 bits per heavy atom. The molecule has 0 radical (unpaired) electrons. The van der Waals surface area contributed by atoms with Crippen LogP contribution in [0.25, 0.3) is 11.0 Å². The molecule has 3 N–H and O–H groups in total. The van der Waals surface area contributed by atoms with Crippen molar-refractivity contribution in [3.8, 4) is 0 Å². The first kappa shape index (κ1) is 15.4. The van der Waals surface area contributed by atoms with Crippen molar-refractivity contribution in [2.45, 2.75) is 37.1 Å². The van der Waals surface area contributed by atoms with Crippen molar-refractivity contribution in [1.82, 2.24) is 19.5 Å². The van der Waals surface area contributed by atoms with Gasteiger partial charge in [-0.1, -0.05) is 6.42 Å². The van der Waals surface area contributed by atoms with E-state index in [1.54, 1.807) is 17.8 Å². The molecule has 2 heterocycles. The number of nitrogens with two attached hydrogens (primary N) is 1. The Kier molecular flexibility index (Phi) is 3.92. The summed E-state index contributed by atoms with van der Waals surface area (Å²) in [5.74, 6) is 0.214. The molecule has 0 aromatic carbocycles. The summed E-state index contributed by atoms with van der Waals surface area (Å²) in [4.78, 5) is 4.42. The van der Waals surface area contributed by atoms with E-state index < -0.39 is 10.0 Å². The summed E-state index contributed by atoms with van der Waals surface area (Å²) >= 11 is 0. The summed E-state index contributed by atoms with van der Waals surface area (Å²) in [6.07, 6.45) is 4.21. The van der Waals surface area contributed by atoms with Gasteiger partial charge in [0.25, 0.3) is 0 Å². The van der Waals surface area contributed by atoms with Gasteiger partial charge < -0.3 is 5.73 Å². The average Bonchev–Trinajstić information content (AvgIpc) is 3.03. The van der Waals surface area contributed by atoms with Gasteiger partial charge in [-0.2, -0.15) is 5.10 Å². The Hall–Kier alpha value is -1.51. The Bertz CT molecular complexity index is 799. The number of hydrogen-bond acceptors (Lipinski definition) is 5. The summed E-state index contributed by atoms with van der Waals surface area (Å²) in [6.45, 7) is 2.35. The molecule has 2 aromatic heterocycles. The smallest absolute Gasteiger partial charge is 0.242 e. The molecular weight excluding hydrogens is 302 g/mol. The van der Waals surface area contributed by atoms with Crippen LogP contribution in [0.2, 0.25) is 0 Å². The molecule has 1 fully saturated rings. The number of sulfonamides is 1. The van der Waals surface area contributed by atoms with Gasteiger partial charge in [0.05, 0.1) is 5.69 Å².